The lowest BCUT2D eigenvalue weighted by Gasteiger charge is -2.07. The average Bonchev–Trinajstić information content (AvgIpc) is 3.52. The van der Waals surface area contributed by atoms with Gasteiger partial charge in [0, 0.05) is 12.4 Å². The lowest BCUT2D eigenvalue weighted by Crippen LogP contribution is -2.11. The Labute approximate surface area is 205 Å². The van der Waals surface area contributed by atoms with Gasteiger partial charge in [0.05, 0.1) is 43.1 Å². The number of hydrogen-bond acceptors (Lipinski definition) is 7. The number of alkyl halides is 3. The number of carbonyl (C=O) groups is 1. The number of halogens is 3. The second kappa shape index (κ2) is 8.71. The molecule has 0 radical (unpaired) electrons. The Morgan fingerprint density at radius 1 is 1.09 bits per heavy atom. The van der Waals surface area contributed by atoms with E-state index in [0.717, 1.165) is 12.3 Å². The molecular weight excluding hydrogens is 497 g/mol. The molecule has 5 rings (SSSR count). The second-order valence-electron chi connectivity index (χ2n) is 7.55. The van der Waals surface area contributed by atoms with E-state index < -0.39 is 11.7 Å². The number of hydrogen-bond donors (Lipinski definition) is 3. The van der Waals surface area contributed by atoms with Gasteiger partial charge in [-0.15, -0.1) is 11.3 Å². The van der Waals surface area contributed by atoms with Crippen LogP contribution in [0.3, 0.4) is 0 Å². The number of carbonyl (C=O) groups excluding carboxylic acids is 1. The largest absolute Gasteiger partial charge is 0.417 e. The molecule has 12 heteroatoms. The highest BCUT2D eigenvalue weighted by Crippen LogP contribution is 2.36. The highest BCUT2D eigenvalue weighted by Gasteiger charge is 2.31. The van der Waals surface area contributed by atoms with Gasteiger partial charge in [-0.1, -0.05) is 23.5 Å². The molecule has 0 spiro atoms. The minimum atomic E-state index is -4.46. The zero-order valence-corrected chi connectivity index (χ0v) is 19.7. The molecule has 0 saturated heterocycles. The molecule has 1 aromatic carbocycles. The molecule has 0 aliphatic carbocycles. The van der Waals surface area contributed by atoms with Gasteiger partial charge in [-0.2, -0.15) is 13.2 Å². The first-order valence-electron chi connectivity index (χ1n) is 10.2. The van der Waals surface area contributed by atoms with Crippen molar-refractivity contribution in [2.75, 3.05) is 16.4 Å². The highest BCUT2D eigenvalue weighted by molar-refractivity contribution is 7.20. The van der Waals surface area contributed by atoms with Gasteiger partial charge in [0.1, 0.15) is 5.65 Å². The van der Waals surface area contributed by atoms with Gasteiger partial charge >= 0.3 is 6.18 Å². The Balaban J connectivity index is 1.36. The Hall–Kier alpha value is -3.90. The van der Waals surface area contributed by atoms with E-state index in [1.165, 1.54) is 33.1 Å². The van der Waals surface area contributed by atoms with Crippen LogP contribution >= 0.6 is 22.7 Å². The fourth-order valence-corrected chi connectivity index (χ4v) is 5.28. The van der Waals surface area contributed by atoms with Crippen LogP contribution in [0.5, 0.6) is 0 Å². The van der Waals surface area contributed by atoms with Gasteiger partial charge in [-0.3, -0.25) is 9.20 Å². The minimum absolute atomic E-state index is 0.289. The van der Waals surface area contributed by atoms with E-state index in [1.54, 1.807) is 49.5 Å². The lowest BCUT2D eigenvalue weighted by atomic mass is 10.2. The number of thiophene rings is 1. The summed E-state index contributed by atoms with van der Waals surface area (Å²) in [5, 5.41) is 7.15. The molecule has 1 amide bonds. The summed E-state index contributed by atoms with van der Waals surface area (Å²) in [6.07, 6.45) is -1.83. The number of anilines is 4. The molecule has 0 bridgehead atoms. The standard InChI is InChI=1S/C23H17F3N6OS2/c1-12-20(32-11-13(23(24,25)26)6-8-18(32)29-12)17-10-28-22(35-17)31-19-9-7-16(34-19)21(33)30-15-5-3-2-4-14(15)27/h2-11H,27H2,1H3,(H,28,31)(H,30,33). The number of para-hydroxylation sites is 2. The minimum Gasteiger partial charge on any atom is -0.397 e. The van der Waals surface area contributed by atoms with Crippen LogP contribution in [0.1, 0.15) is 20.9 Å². The summed E-state index contributed by atoms with van der Waals surface area (Å²) >= 11 is 2.51. The number of imidazole rings is 1. The molecule has 0 aliphatic heterocycles. The number of fused-ring (bicyclic) bond motifs is 1. The van der Waals surface area contributed by atoms with E-state index in [9.17, 15) is 18.0 Å². The van der Waals surface area contributed by atoms with Crippen molar-refractivity contribution in [2.45, 2.75) is 13.1 Å². The smallest absolute Gasteiger partial charge is 0.397 e. The van der Waals surface area contributed by atoms with Crippen molar-refractivity contribution in [3.05, 3.63) is 77.1 Å². The quantitative estimate of drug-likeness (QED) is 0.235. The lowest BCUT2D eigenvalue weighted by molar-refractivity contribution is -0.137. The summed E-state index contributed by atoms with van der Waals surface area (Å²) in [6, 6.07) is 12.8. The van der Waals surface area contributed by atoms with E-state index in [0.29, 0.717) is 48.3 Å². The highest BCUT2D eigenvalue weighted by atomic mass is 32.1. The van der Waals surface area contributed by atoms with E-state index in [-0.39, 0.29) is 5.91 Å². The number of benzene rings is 1. The summed E-state index contributed by atoms with van der Waals surface area (Å²) in [5.74, 6) is -0.289. The Kier molecular flexibility index (Phi) is 5.69. The normalized spacial score (nSPS) is 11.7. The summed E-state index contributed by atoms with van der Waals surface area (Å²) in [4.78, 5) is 22.4. The van der Waals surface area contributed by atoms with Gasteiger partial charge in [-0.05, 0) is 43.3 Å². The van der Waals surface area contributed by atoms with Crippen molar-refractivity contribution in [1.29, 1.82) is 0 Å². The zero-order chi connectivity index (χ0) is 24.7. The third kappa shape index (κ3) is 4.57. The molecule has 178 valence electrons. The number of thiazole rings is 1. The van der Waals surface area contributed by atoms with Crippen molar-refractivity contribution in [3.8, 4) is 10.6 Å². The zero-order valence-electron chi connectivity index (χ0n) is 18.1. The van der Waals surface area contributed by atoms with Gasteiger partial charge in [0.25, 0.3) is 5.91 Å². The third-order valence-electron chi connectivity index (χ3n) is 5.13. The fraction of sp³-hybridized carbons (Fsp3) is 0.0870. The van der Waals surface area contributed by atoms with Gasteiger partial charge in [-0.25, -0.2) is 9.97 Å². The first-order chi connectivity index (χ1) is 16.7. The molecule has 35 heavy (non-hydrogen) atoms. The summed E-state index contributed by atoms with van der Waals surface area (Å²) in [5.41, 5.74) is 7.68. The maximum absolute atomic E-state index is 13.2. The average molecular weight is 515 g/mol. The van der Waals surface area contributed by atoms with Crippen LogP contribution in [0.15, 0.2) is 60.9 Å². The number of amides is 1. The topological polar surface area (TPSA) is 97.3 Å². The van der Waals surface area contributed by atoms with Crippen LogP contribution in [-0.4, -0.2) is 20.3 Å². The predicted molar refractivity (Wildman–Crippen MR) is 132 cm³/mol. The molecule has 4 heterocycles. The number of nitrogens with one attached hydrogen (secondary N) is 2. The Bertz CT molecular complexity index is 1550. The summed E-state index contributed by atoms with van der Waals surface area (Å²) in [7, 11) is 0. The Morgan fingerprint density at radius 2 is 1.89 bits per heavy atom. The number of aryl methyl sites for hydroxylation is 1. The number of nitrogens with zero attached hydrogens (tertiary/aromatic N) is 3. The maximum Gasteiger partial charge on any atom is 0.417 e. The number of nitrogen functional groups attached to an aromatic ring is 1. The maximum atomic E-state index is 13.2. The molecule has 4 aromatic heterocycles. The fourth-order valence-electron chi connectivity index (χ4n) is 3.50. The van der Waals surface area contributed by atoms with Crippen LogP contribution in [-0.2, 0) is 6.18 Å². The summed E-state index contributed by atoms with van der Waals surface area (Å²) < 4.78 is 41.1. The van der Waals surface area contributed by atoms with E-state index in [2.05, 4.69) is 20.6 Å². The van der Waals surface area contributed by atoms with Crippen LogP contribution in [0, 0.1) is 6.92 Å². The molecule has 0 atom stereocenters. The predicted octanol–water partition coefficient (Wildman–Crippen LogP) is 6.42. The van der Waals surface area contributed by atoms with Crippen LogP contribution < -0.4 is 16.4 Å². The van der Waals surface area contributed by atoms with Gasteiger partial charge < -0.3 is 16.4 Å². The Morgan fingerprint density at radius 3 is 2.66 bits per heavy atom. The number of nitrogens with two attached hydrogens (primary N) is 1. The molecule has 0 saturated carbocycles. The second-order valence-corrected chi connectivity index (χ2v) is 9.66. The van der Waals surface area contributed by atoms with Gasteiger partial charge in [0.2, 0.25) is 0 Å². The number of aromatic nitrogens is 3. The molecule has 0 aliphatic rings. The van der Waals surface area contributed by atoms with Crippen molar-refractivity contribution < 1.29 is 18.0 Å². The monoisotopic (exact) mass is 514 g/mol. The van der Waals surface area contributed by atoms with Crippen molar-refractivity contribution >= 4 is 55.7 Å². The van der Waals surface area contributed by atoms with Crippen LogP contribution in [0.2, 0.25) is 0 Å². The third-order valence-corrected chi connectivity index (χ3v) is 7.05. The SMILES string of the molecule is Cc1nc2ccc(C(F)(F)F)cn2c1-c1cnc(Nc2ccc(C(=O)Nc3ccccc3N)s2)s1. The summed E-state index contributed by atoms with van der Waals surface area (Å²) in [6.45, 7) is 1.74. The first kappa shape index (κ1) is 22.9. The van der Waals surface area contributed by atoms with Gasteiger partial charge in [0.15, 0.2) is 5.13 Å². The van der Waals surface area contributed by atoms with Crippen molar-refractivity contribution in [2.24, 2.45) is 0 Å². The van der Waals surface area contributed by atoms with Crippen molar-refractivity contribution in [1.82, 2.24) is 14.4 Å². The van der Waals surface area contributed by atoms with Crippen LogP contribution in [0.4, 0.5) is 34.7 Å². The molecule has 4 N–H and O–H groups in total. The molecular formula is C23H17F3N6OS2. The molecule has 7 nitrogen and oxygen atoms in total. The van der Waals surface area contributed by atoms with E-state index >= 15 is 0 Å². The molecule has 0 fully saturated rings. The molecule has 0 unspecified atom stereocenters. The van der Waals surface area contributed by atoms with E-state index in [4.69, 9.17) is 5.73 Å². The van der Waals surface area contributed by atoms with Crippen molar-refractivity contribution in [3.63, 3.8) is 0 Å². The molecule has 5 aromatic rings. The van der Waals surface area contributed by atoms with E-state index in [1.807, 2.05) is 0 Å². The number of pyridine rings is 1. The number of rotatable bonds is 5. The van der Waals surface area contributed by atoms with Crippen LogP contribution in [0.25, 0.3) is 16.2 Å². The first-order valence-corrected chi connectivity index (χ1v) is 11.9.